The number of nitrogens with two attached hydrogens (primary N) is 1. The second-order valence-corrected chi connectivity index (χ2v) is 5.96. The van der Waals surface area contributed by atoms with Gasteiger partial charge in [-0.1, -0.05) is 18.5 Å². The summed E-state index contributed by atoms with van der Waals surface area (Å²) in [7, 11) is 0. The molecule has 2 atom stereocenters. The van der Waals surface area contributed by atoms with Crippen molar-refractivity contribution in [2.45, 2.75) is 25.8 Å². The Hall–Kier alpha value is -1.26. The maximum Gasteiger partial charge on any atom is 0.245 e. The number of nitrogens with one attached hydrogen (secondary N) is 1. The Bertz CT molecular complexity index is 532. The third-order valence-corrected chi connectivity index (χ3v) is 4.29. The summed E-state index contributed by atoms with van der Waals surface area (Å²) in [6.45, 7) is 4.28. The van der Waals surface area contributed by atoms with E-state index in [1.54, 1.807) is 0 Å². The zero-order chi connectivity index (χ0) is 13.6. The first-order chi connectivity index (χ1) is 9.06. The normalized spacial score (nSPS) is 26.3. The molecule has 3 rings (SSSR count). The van der Waals surface area contributed by atoms with E-state index in [2.05, 4.69) is 17.1 Å². The Kier molecular flexibility index (Phi) is 3.15. The third kappa shape index (κ3) is 2.19. The molecule has 3 N–H and O–H groups in total. The van der Waals surface area contributed by atoms with Crippen LogP contribution in [0.15, 0.2) is 12.1 Å². The van der Waals surface area contributed by atoms with Crippen LogP contribution in [-0.4, -0.2) is 19.0 Å². The van der Waals surface area contributed by atoms with E-state index in [1.807, 2.05) is 12.1 Å². The minimum atomic E-state index is -0.596. The lowest BCUT2D eigenvalue weighted by Crippen LogP contribution is -2.34. The second kappa shape index (κ2) is 4.69. The molecule has 19 heavy (non-hydrogen) atoms. The summed E-state index contributed by atoms with van der Waals surface area (Å²) in [6.07, 6.45) is 2.45. The van der Waals surface area contributed by atoms with Gasteiger partial charge in [-0.25, -0.2) is 0 Å². The van der Waals surface area contributed by atoms with Crippen molar-refractivity contribution in [1.29, 1.82) is 0 Å². The average Bonchev–Trinajstić information content (AvgIpc) is 2.65. The van der Waals surface area contributed by atoms with Crippen LogP contribution in [0.5, 0.6) is 0 Å². The Balaban J connectivity index is 1.95. The molecule has 1 saturated heterocycles. The van der Waals surface area contributed by atoms with Gasteiger partial charge in [-0.05, 0) is 30.9 Å². The number of hydrogen-bond donors (Lipinski definition) is 2. The van der Waals surface area contributed by atoms with Crippen molar-refractivity contribution in [2.75, 3.05) is 23.3 Å². The first-order valence-corrected chi connectivity index (χ1v) is 7.09. The molecule has 0 saturated carbocycles. The zero-order valence-corrected chi connectivity index (χ0v) is 11.7. The Morgan fingerprint density at radius 3 is 3.00 bits per heavy atom. The van der Waals surface area contributed by atoms with E-state index in [9.17, 15) is 4.79 Å². The zero-order valence-electron chi connectivity index (χ0n) is 10.9. The number of halogens is 1. The molecule has 0 bridgehead atoms. The summed E-state index contributed by atoms with van der Waals surface area (Å²) in [5.41, 5.74) is 8.42. The van der Waals surface area contributed by atoms with Gasteiger partial charge >= 0.3 is 0 Å². The van der Waals surface area contributed by atoms with Crippen LogP contribution in [0.4, 0.5) is 11.4 Å². The number of carbonyl (C=O) groups excluding carboxylic acids is 1. The van der Waals surface area contributed by atoms with Crippen LogP contribution in [0.3, 0.4) is 0 Å². The van der Waals surface area contributed by atoms with E-state index in [0.29, 0.717) is 10.9 Å². The maximum absolute atomic E-state index is 11.6. The summed E-state index contributed by atoms with van der Waals surface area (Å²) in [5, 5.41) is 3.50. The highest BCUT2D eigenvalue weighted by Crippen LogP contribution is 2.39. The van der Waals surface area contributed by atoms with Gasteiger partial charge in [0.15, 0.2) is 0 Å². The first-order valence-electron chi connectivity index (χ1n) is 6.71. The molecule has 2 aliphatic rings. The molecule has 0 radical (unpaired) electrons. The van der Waals surface area contributed by atoms with Crippen molar-refractivity contribution >= 4 is 28.9 Å². The number of nitrogens with zero attached hydrogens (tertiary/aromatic N) is 1. The molecule has 2 aliphatic heterocycles. The van der Waals surface area contributed by atoms with Gasteiger partial charge < -0.3 is 16.0 Å². The van der Waals surface area contributed by atoms with Crippen LogP contribution < -0.4 is 16.0 Å². The fourth-order valence-electron chi connectivity index (χ4n) is 2.95. The van der Waals surface area contributed by atoms with Gasteiger partial charge in [-0.3, -0.25) is 4.79 Å². The number of carbonyl (C=O) groups is 1. The number of anilines is 2. The fraction of sp³-hybridized carbons (Fsp3) is 0.500. The minimum absolute atomic E-state index is 0.157. The second-order valence-electron chi connectivity index (χ2n) is 5.55. The molecule has 1 fully saturated rings. The molecule has 1 amide bonds. The number of hydrogen-bond acceptors (Lipinski definition) is 3. The van der Waals surface area contributed by atoms with E-state index in [-0.39, 0.29) is 5.91 Å². The van der Waals surface area contributed by atoms with Crippen LogP contribution in [-0.2, 0) is 4.79 Å². The average molecular weight is 280 g/mol. The van der Waals surface area contributed by atoms with E-state index in [1.165, 1.54) is 12.8 Å². The van der Waals surface area contributed by atoms with E-state index in [4.69, 9.17) is 17.3 Å². The van der Waals surface area contributed by atoms with Gasteiger partial charge in [0.1, 0.15) is 6.04 Å². The van der Waals surface area contributed by atoms with E-state index < -0.39 is 6.04 Å². The summed E-state index contributed by atoms with van der Waals surface area (Å²) in [5.74, 6) is 0.519. The standard InChI is InChI=1S/C14H18ClN3O/c1-8-3-2-4-18(7-8)12-6-11-9(5-10(12)15)13(16)14(19)17-11/h5-6,8,13H,2-4,7,16H2,1H3,(H,17,19). The topological polar surface area (TPSA) is 58.4 Å². The smallest absolute Gasteiger partial charge is 0.245 e. The first kappa shape index (κ1) is 12.8. The minimum Gasteiger partial charge on any atom is -0.370 e. The van der Waals surface area contributed by atoms with Crippen molar-refractivity contribution in [3.05, 3.63) is 22.7 Å². The third-order valence-electron chi connectivity index (χ3n) is 3.99. The lowest BCUT2D eigenvalue weighted by atomic mass is 9.99. The maximum atomic E-state index is 11.6. The van der Waals surface area contributed by atoms with Gasteiger partial charge in [0, 0.05) is 24.3 Å². The highest BCUT2D eigenvalue weighted by atomic mass is 35.5. The van der Waals surface area contributed by atoms with Gasteiger partial charge in [0.25, 0.3) is 0 Å². The van der Waals surface area contributed by atoms with E-state index >= 15 is 0 Å². The van der Waals surface area contributed by atoms with Crippen molar-refractivity contribution in [1.82, 2.24) is 0 Å². The van der Waals surface area contributed by atoms with Crippen LogP contribution in [0.2, 0.25) is 5.02 Å². The molecular formula is C14H18ClN3O. The van der Waals surface area contributed by atoms with Crippen LogP contribution in [0.1, 0.15) is 31.4 Å². The fourth-order valence-corrected chi connectivity index (χ4v) is 3.24. The number of piperidine rings is 1. The Morgan fingerprint density at radius 1 is 1.47 bits per heavy atom. The highest BCUT2D eigenvalue weighted by Gasteiger charge is 2.29. The van der Waals surface area contributed by atoms with Gasteiger partial charge in [0.05, 0.1) is 10.7 Å². The van der Waals surface area contributed by atoms with Gasteiger partial charge in [0.2, 0.25) is 5.91 Å². The Labute approximate surface area is 117 Å². The lowest BCUT2D eigenvalue weighted by molar-refractivity contribution is -0.116. The number of benzene rings is 1. The van der Waals surface area contributed by atoms with Gasteiger partial charge in [-0.15, -0.1) is 0 Å². The number of amides is 1. The van der Waals surface area contributed by atoms with Crippen molar-refractivity contribution < 1.29 is 4.79 Å². The van der Waals surface area contributed by atoms with Crippen molar-refractivity contribution in [3.8, 4) is 0 Å². The summed E-state index contributed by atoms with van der Waals surface area (Å²) in [6, 6.07) is 3.19. The molecule has 2 unspecified atom stereocenters. The molecule has 0 aromatic heterocycles. The molecular weight excluding hydrogens is 262 g/mol. The molecule has 4 nitrogen and oxygen atoms in total. The lowest BCUT2D eigenvalue weighted by Gasteiger charge is -2.33. The Morgan fingerprint density at radius 2 is 2.26 bits per heavy atom. The molecule has 0 aliphatic carbocycles. The molecule has 102 valence electrons. The quantitative estimate of drug-likeness (QED) is 0.830. The number of rotatable bonds is 1. The van der Waals surface area contributed by atoms with Gasteiger partial charge in [-0.2, -0.15) is 0 Å². The summed E-state index contributed by atoms with van der Waals surface area (Å²) >= 11 is 6.37. The largest absolute Gasteiger partial charge is 0.370 e. The van der Waals surface area contributed by atoms with Crippen LogP contribution >= 0.6 is 11.6 Å². The van der Waals surface area contributed by atoms with Crippen molar-refractivity contribution in [3.63, 3.8) is 0 Å². The SMILES string of the molecule is CC1CCCN(c2cc3c(cc2Cl)C(N)C(=O)N3)C1. The van der Waals surface area contributed by atoms with Crippen molar-refractivity contribution in [2.24, 2.45) is 11.7 Å². The molecule has 0 spiro atoms. The summed E-state index contributed by atoms with van der Waals surface area (Å²) in [4.78, 5) is 13.9. The number of fused-ring (bicyclic) bond motifs is 1. The molecule has 2 heterocycles. The molecule has 1 aromatic carbocycles. The van der Waals surface area contributed by atoms with Crippen LogP contribution in [0.25, 0.3) is 0 Å². The monoisotopic (exact) mass is 279 g/mol. The van der Waals surface area contributed by atoms with E-state index in [0.717, 1.165) is 30.0 Å². The molecule has 5 heteroatoms. The highest BCUT2D eigenvalue weighted by molar-refractivity contribution is 6.33. The van der Waals surface area contributed by atoms with Crippen LogP contribution in [0, 0.1) is 5.92 Å². The molecule has 1 aromatic rings. The summed E-state index contributed by atoms with van der Waals surface area (Å²) < 4.78 is 0. The predicted octanol–water partition coefficient (Wildman–Crippen LogP) is 2.53. The predicted molar refractivity (Wildman–Crippen MR) is 77.6 cm³/mol.